The number of carbonyl (C=O) groups excluding carboxylic acids is 4. The highest BCUT2D eigenvalue weighted by atomic mass is 31.2. The van der Waals surface area contributed by atoms with Crippen molar-refractivity contribution in [1.82, 2.24) is 0 Å². The molecule has 0 aromatic carbocycles. The van der Waals surface area contributed by atoms with Crippen LogP contribution in [0.5, 0.6) is 0 Å². The molecule has 0 amide bonds. The molecule has 0 aromatic heterocycles. The van der Waals surface area contributed by atoms with Crippen molar-refractivity contribution in [3.63, 3.8) is 0 Å². The Labute approximate surface area is 605 Å². The van der Waals surface area contributed by atoms with Gasteiger partial charge in [0.15, 0.2) is 12.2 Å². The normalized spacial score (nSPS) is 14.4. The van der Waals surface area contributed by atoms with Crippen molar-refractivity contribution in [2.75, 3.05) is 39.6 Å². The summed E-state index contributed by atoms with van der Waals surface area (Å²) in [6.07, 6.45) is 63.0. The number of phosphoric acid groups is 2. The van der Waals surface area contributed by atoms with E-state index in [1.165, 1.54) is 193 Å². The van der Waals surface area contributed by atoms with Crippen LogP contribution in [0.4, 0.5) is 0 Å². The molecule has 0 aliphatic carbocycles. The molecular weight excluding hydrogens is 1290 g/mol. The number of aliphatic hydroxyl groups excluding tert-OH is 1. The van der Waals surface area contributed by atoms with Gasteiger partial charge in [0.1, 0.15) is 19.3 Å². The maximum absolute atomic E-state index is 13.1. The van der Waals surface area contributed by atoms with E-state index in [1.54, 1.807) is 0 Å². The van der Waals surface area contributed by atoms with E-state index in [-0.39, 0.29) is 25.7 Å². The van der Waals surface area contributed by atoms with E-state index in [1.807, 2.05) is 0 Å². The minimum absolute atomic E-state index is 0.101. The molecule has 0 aliphatic heterocycles. The first-order valence-electron chi connectivity index (χ1n) is 40.8. The van der Waals surface area contributed by atoms with Crippen LogP contribution in [-0.2, 0) is 65.4 Å². The van der Waals surface area contributed by atoms with E-state index in [2.05, 4.69) is 65.8 Å². The fraction of sp³-hybridized carbons (Fsp3) is 0.900. The van der Waals surface area contributed by atoms with Crippen LogP contribution in [0.1, 0.15) is 395 Å². The molecule has 0 aliphatic rings. The number of ether oxygens (including phenoxy) is 4. The van der Waals surface area contributed by atoms with Crippen LogP contribution in [-0.4, -0.2) is 96.7 Å². The molecule has 0 spiro atoms. The largest absolute Gasteiger partial charge is 0.472 e. The summed E-state index contributed by atoms with van der Waals surface area (Å²) >= 11 is 0. The fourth-order valence-electron chi connectivity index (χ4n) is 11.8. The predicted octanol–water partition coefficient (Wildman–Crippen LogP) is 23.4. The number of allylic oxidation sites excluding steroid dienone is 4. The summed E-state index contributed by atoms with van der Waals surface area (Å²) in [5.74, 6) is -0.553. The molecule has 0 saturated heterocycles. The minimum Gasteiger partial charge on any atom is -0.462 e. The molecular formula is C80H152O17P2. The molecule has 17 nitrogen and oxygen atoms in total. The summed E-state index contributed by atoms with van der Waals surface area (Å²) in [6, 6.07) is 0. The number of rotatable bonds is 77. The van der Waals surface area contributed by atoms with Crippen molar-refractivity contribution < 1.29 is 80.2 Å². The summed E-state index contributed by atoms with van der Waals surface area (Å²) in [5.41, 5.74) is 0. The van der Waals surface area contributed by atoms with Crippen LogP contribution < -0.4 is 0 Å². The van der Waals surface area contributed by atoms with Crippen LogP contribution in [0.25, 0.3) is 0 Å². The van der Waals surface area contributed by atoms with Crippen molar-refractivity contribution in [2.45, 2.75) is 413 Å². The van der Waals surface area contributed by atoms with Gasteiger partial charge in [-0.2, -0.15) is 0 Å². The Hall–Kier alpha value is -2.46. The number of phosphoric ester groups is 2. The van der Waals surface area contributed by atoms with Crippen molar-refractivity contribution >= 4 is 39.5 Å². The van der Waals surface area contributed by atoms with Gasteiger partial charge in [0.25, 0.3) is 0 Å². The van der Waals surface area contributed by atoms with E-state index >= 15 is 0 Å². The van der Waals surface area contributed by atoms with Gasteiger partial charge in [-0.05, 0) is 63.2 Å². The Bertz CT molecular complexity index is 2000. The lowest BCUT2D eigenvalue weighted by Crippen LogP contribution is -2.30. The number of unbranched alkanes of at least 4 members (excludes halogenated alkanes) is 43. The first-order chi connectivity index (χ1) is 47.9. The van der Waals surface area contributed by atoms with Gasteiger partial charge >= 0.3 is 39.5 Å². The minimum atomic E-state index is -4.97. The number of hydrogen-bond donors (Lipinski definition) is 3. The Morgan fingerprint density at radius 2 is 0.596 bits per heavy atom. The molecule has 0 radical (unpaired) electrons. The molecule has 99 heavy (non-hydrogen) atoms. The van der Waals surface area contributed by atoms with Gasteiger partial charge in [-0.1, -0.05) is 342 Å². The second kappa shape index (κ2) is 71.2. The van der Waals surface area contributed by atoms with E-state index < -0.39 is 97.5 Å². The van der Waals surface area contributed by atoms with Crippen molar-refractivity contribution in [2.24, 2.45) is 11.8 Å². The average molecular weight is 1450 g/mol. The summed E-state index contributed by atoms with van der Waals surface area (Å²) in [4.78, 5) is 73.0. The Morgan fingerprint density at radius 3 is 0.909 bits per heavy atom. The quantitative estimate of drug-likeness (QED) is 0.0169. The van der Waals surface area contributed by atoms with Crippen molar-refractivity contribution in [3.05, 3.63) is 24.3 Å². The molecule has 584 valence electrons. The second-order valence-corrected chi connectivity index (χ2v) is 31.7. The zero-order valence-corrected chi connectivity index (χ0v) is 66.1. The van der Waals surface area contributed by atoms with Gasteiger partial charge in [0.05, 0.1) is 26.4 Å². The molecule has 3 unspecified atom stereocenters. The maximum atomic E-state index is 13.1. The van der Waals surface area contributed by atoms with Gasteiger partial charge in [-0.15, -0.1) is 0 Å². The lowest BCUT2D eigenvalue weighted by Gasteiger charge is -2.21. The Kier molecular flexibility index (Phi) is 69.4. The monoisotopic (exact) mass is 1450 g/mol. The van der Waals surface area contributed by atoms with Crippen LogP contribution in [0.3, 0.4) is 0 Å². The smallest absolute Gasteiger partial charge is 0.462 e. The van der Waals surface area contributed by atoms with Crippen LogP contribution in [0, 0.1) is 11.8 Å². The SMILES string of the molecule is CCCCCC/C=C\C=C/CCCCCCCC(=O)OC[C@H](COP(=O)(O)OC[C@@H](O)COP(=O)(O)OC[C@@H](COC(=O)CCCCCCCCCCCC(C)C)OC(=O)CCCCCCCCCCCCCCCC)OC(=O)CCCCCCCCCCCCCCCCC(C)CC. The highest BCUT2D eigenvalue weighted by molar-refractivity contribution is 7.47. The summed E-state index contributed by atoms with van der Waals surface area (Å²) in [6.45, 7) is 9.60. The predicted molar refractivity (Wildman–Crippen MR) is 404 cm³/mol. The second-order valence-electron chi connectivity index (χ2n) is 28.8. The summed E-state index contributed by atoms with van der Waals surface area (Å²) in [7, 11) is -9.93. The molecule has 0 fully saturated rings. The number of hydrogen-bond acceptors (Lipinski definition) is 15. The van der Waals surface area contributed by atoms with Gasteiger partial charge in [-0.25, -0.2) is 9.13 Å². The van der Waals surface area contributed by atoms with Gasteiger partial charge in [0, 0.05) is 25.7 Å². The lowest BCUT2D eigenvalue weighted by atomic mass is 9.99. The molecule has 0 aromatic rings. The van der Waals surface area contributed by atoms with Gasteiger partial charge < -0.3 is 33.8 Å². The third kappa shape index (κ3) is 72.3. The van der Waals surface area contributed by atoms with E-state index in [4.69, 9.17) is 37.0 Å². The molecule has 6 atom stereocenters. The molecule has 19 heteroatoms. The molecule has 0 rings (SSSR count). The topological polar surface area (TPSA) is 237 Å². The Morgan fingerprint density at radius 1 is 0.333 bits per heavy atom. The zero-order valence-electron chi connectivity index (χ0n) is 64.3. The number of aliphatic hydroxyl groups is 1. The Balaban J connectivity index is 5.30. The first-order valence-corrected chi connectivity index (χ1v) is 43.8. The highest BCUT2D eigenvalue weighted by Crippen LogP contribution is 2.45. The maximum Gasteiger partial charge on any atom is 0.472 e. The summed E-state index contributed by atoms with van der Waals surface area (Å²) in [5, 5.41) is 10.6. The van der Waals surface area contributed by atoms with E-state index in [0.717, 1.165) is 121 Å². The number of carbonyl (C=O) groups is 4. The summed E-state index contributed by atoms with van der Waals surface area (Å²) < 4.78 is 68.7. The highest BCUT2D eigenvalue weighted by Gasteiger charge is 2.30. The van der Waals surface area contributed by atoms with Crippen LogP contribution >= 0.6 is 15.6 Å². The van der Waals surface area contributed by atoms with E-state index in [9.17, 15) is 43.2 Å². The molecule has 0 bridgehead atoms. The lowest BCUT2D eigenvalue weighted by molar-refractivity contribution is -0.161. The fourth-order valence-corrected chi connectivity index (χ4v) is 13.4. The van der Waals surface area contributed by atoms with Gasteiger partial charge in [0.2, 0.25) is 0 Å². The standard InChI is InChI=1S/C80H152O17P2/c1-7-10-12-14-16-18-20-22-24-29-32-38-44-50-56-62-77(82)90-68-75(96-80(85)65-59-53-47-40-34-30-26-25-27-31-37-43-49-55-61-73(6)9-3)70-94-98(86,87)92-66-74(81)67-93-99(88,89)95-71-76(69-91-78(83)63-57-51-45-41-35-36-42-48-54-60-72(4)5)97-79(84)64-58-52-46-39-33-28-23-21-19-17-15-13-11-8-2/h18,20,22,24,72-76,81H,7-17,19,21,23,25-71H2,1-6H3,(H,86,87)(H,88,89)/b20-18-,24-22-/t73?,74-,75-,76-/m1/s1. The zero-order chi connectivity index (χ0) is 72.8. The molecule has 0 heterocycles. The third-order valence-electron chi connectivity index (χ3n) is 18.4. The molecule has 3 N–H and O–H groups in total. The van der Waals surface area contributed by atoms with Crippen molar-refractivity contribution in [3.8, 4) is 0 Å². The van der Waals surface area contributed by atoms with Crippen LogP contribution in [0.2, 0.25) is 0 Å². The number of esters is 4. The average Bonchev–Trinajstić information content (AvgIpc) is 0.991. The first kappa shape index (κ1) is 96.5. The molecule has 0 saturated carbocycles. The van der Waals surface area contributed by atoms with Crippen LogP contribution in [0.15, 0.2) is 24.3 Å². The third-order valence-corrected chi connectivity index (χ3v) is 20.3. The van der Waals surface area contributed by atoms with Gasteiger partial charge in [-0.3, -0.25) is 37.3 Å². The van der Waals surface area contributed by atoms with E-state index in [0.29, 0.717) is 25.7 Å². The van der Waals surface area contributed by atoms with Crippen molar-refractivity contribution in [1.29, 1.82) is 0 Å².